The topological polar surface area (TPSA) is 54.5 Å². The average Bonchev–Trinajstić information content (AvgIpc) is 2.93. The van der Waals surface area contributed by atoms with Crippen LogP contribution in [0.3, 0.4) is 0 Å². The van der Waals surface area contributed by atoms with E-state index in [-0.39, 0.29) is 0 Å². The van der Waals surface area contributed by atoms with Crippen LogP contribution >= 0.6 is 23.2 Å². The number of H-pyrrole nitrogens is 1. The van der Waals surface area contributed by atoms with Gasteiger partial charge in [0.1, 0.15) is 0 Å². The maximum atomic E-state index is 6.21. The molecule has 4 nitrogen and oxygen atoms in total. The van der Waals surface area contributed by atoms with E-state index in [1.807, 2.05) is 6.07 Å². The zero-order chi connectivity index (χ0) is 13.2. The highest BCUT2D eigenvalue weighted by Gasteiger charge is 2.13. The van der Waals surface area contributed by atoms with Gasteiger partial charge in [-0.25, -0.2) is 15.0 Å². The van der Waals surface area contributed by atoms with E-state index >= 15 is 0 Å². The van der Waals surface area contributed by atoms with Crippen LogP contribution in [0.15, 0.2) is 36.9 Å². The summed E-state index contributed by atoms with van der Waals surface area (Å²) in [7, 11) is 0. The molecule has 0 aliphatic heterocycles. The van der Waals surface area contributed by atoms with E-state index in [0.29, 0.717) is 15.7 Å². The first-order valence-electron chi connectivity index (χ1n) is 5.43. The fourth-order valence-corrected chi connectivity index (χ4v) is 2.28. The van der Waals surface area contributed by atoms with Crippen LogP contribution in [-0.4, -0.2) is 19.9 Å². The van der Waals surface area contributed by atoms with E-state index in [4.69, 9.17) is 23.2 Å². The van der Waals surface area contributed by atoms with Crippen LogP contribution in [0.2, 0.25) is 10.0 Å². The molecule has 1 radical (unpaired) electrons. The normalized spacial score (nSPS) is 10.6. The molecule has 0 unspecified atom stereocenters. The Kier molecular flexibility index (Phi) is 3.19. The second kappa shape index (κ2) is 4.99. The number of hydrogen-bond acceptors (Lipinski definition) is 3. The van der Waals surface area contributed by atoms with Crippen LogP contribution in [0.5, 0.6) is 0 Å². The summed E-state index contributed by atoms with van der Waals surface area (Å²) in [6.45, 7) is 0. The predicted octanol–water partition coefficient (Wildman–Crippen LogP) is 3.64. The number of rotatable bonds is 2. The molecule has 0 fully saturated rings. The molecule has 0 aliphatic carbocycles. The summed E-state index contributed by atoms with van der Waals surface area (Å²) in [4.78, 5) is 15.1. The lowest BCUT2D eigenvalue weighted by Crippen LogP contribution is -1.92. The number of hydrogen-bond donors (Lipinski definition) is 1. The van der Waals surface area contributed by atoms with Gasteiger partial charge in [0.15, 0.2) is 6.33 Å². The first kappa shape index (κ1) is 12.1. The maximum absolute atomic E-state index is 6.21. The molecule has 2 heterocycles. The van der Waals surface area contributed by atoms with Crippen molar-refractivity contribution in [1.29, 1.82) is 0 Å². The van der Waals surface area contributed by atoms with E-state index in [1.165, 1.54) is 0 Å². The molecule has 0 amide bonds. The van der Waals surface area contributed by atoms with Crippen LogP contribution in [0, 0.1) is 6.33 Å². The number of imidazole rings is 1. The van der Waals surface area contributed by atoms with Gasteiger partial charge in [-0.3, -0.25) is 0 Å². The molecule has 93 valence electrons. The van der Waals surface area contributed by atoms with Gasteiger partial charge in [-0.2, -0.15) is 0 Å². The minimum Gasteiger partial charge on any atom is -0.345 e. The standard InChI is InChI=1S/C13H7Cl2N4/c14-8-1-2-9(11(15)3-8)13-10(4-16-7-19-13)12-5-17-6-18-12/h1-6H,(H,17,18). The third kappa shape index (κ3) is 2.32. The molecule has 0 aliphatic rings. The first-order chi connectivity index (χ1) is 9.25. The molecule has 0 atom stereocenters. The van der Waals surface area contributed by atoms with Crippen molar-refractivity contribution in [2.75, 3.05) is 0 Å². The van der Waals surface area contributed by atoms with Gasteiger partial charge in [0, 0.05) is 22.3 Å². The largest absolute Gasteiger partial charge is 0.345 e. The molecular weight excluding hydrogens is 283 g/mol. The SMILES string of the molecule is Clc1ccc(-c2n[c]ncc2-c2cnc[nH]2)c(Cl)c1. The van der Waals surface area contributed by atoms with Gasteiger partial charge in [0.05, 0.1) is 28.9 Å². The quantitative estimate of drug-likeness (QED) is 0.784. The number of benzene rings is 1. The van der Waals surface area contributed by atoms with Crippen LogP contribution in [-0.2, 0) is 0 Å². The van der Waals surface area contributed by atoms with Crippen molar-refractivity contribution in [3.8, 4) is 22.5 Å². The minimum absolute atomic E-state index is 0.528. The van der Waals surface area contributed by atoms with Crippen molar-refractivity contribution in [2.24, 2.45) is 0 Å². The Hall–Kier alpha value is -1.91. The van der Waals surface area contributed by atoms with E-state index < -0.39 is 0 Å². The monoisotopic (exact) mass is 289 g/mol. The Balaban J connectivity index is 2.21. The molecule has 2 aromatic heterocycles. The lowest BCUT2D eigenvalue weighted by molar-refractivity contribution is 1.15. The summed E-state index contributed by atoms with van der Waals surface area (Å²) < 4.78 is 0. The molecule has 0 spiro atoms. The molecule has 19 heavy (non-hydrogen) atoms. The summed E-state index contributed by atoms with van der Waals surface area (Å²) in [5.41, 5.74) is 3.07. The van der Waals surface area contributed by atoms with Gasteiger partial charge in [0.2, 0.25) is 0 Å². The summed E-state index contributed by atoms with van der Waals surface area (Å²) >= 11 is 12.1. The fraction of sp³-hybridized carbons (Fsp3) is 0. The third-order valence-electron chi connectivity index (χ3n) is 2.64. The Labute approximate surface area is 119 Å². The first-order valence-corrected chi connectivity index (χ1v) is 6.18. The maximum Gasteiger partial charge on any atom is 0.198 e. The minimum atomic E-state index is 0.528. The third-order valence-corrected chi connectivity index (χ3v) is 3.19. The van der Waals surface area contributed by atoms with Crippen molar-refractivity contribution in [2.45, 2.75) is 0 Å². The van der Waals surface area contributed by atoms with Gasteiger partial charge in [0.25, 0.3) is 0 Å². The lowest BCUT2D eigenvalue weighted by Gasteiger charge is -2.08. The second-order valence-corrected chi connectivity index (χ2v) is 4.67. The highest BCUT2D eigenvalue weighted by atomic mass is 35.5. The number of halogens is 2. The average molecular weight is 290 g/mol. The molecule has 6 heteroatoms. The lowest BCUT2D eigenvalue weighted by atomic mass is 10.1. The summed E-state index contributed by atoms with van der Waals surface area (Å²) in [5, 5.41) is 1.11. The van der Waals surface area contributed by atoms with E-state index in [9.17, 15) is 0 Å². The van der Waals surface area contributed by atoms with Gasteiger partial charge in [-0.15, -0.1) is 0 Å². The predicted molar refractivity (Wildman–Crippen MR) is 73.9 cm³/mol. The highest BCUT2D eigenvalue weighted by Crippen LogP contribution is 2.34. The fourth-order valence-electron chi connectivity index (χ4n) is 1.78. The van der Waals surface area contributed by atoms with Crippen molar-refractivity contribution in [3.05, 3.63) is 53.3 Å². The Bertz CT molecular complexity index is 710. The van der Waals surface area contributed by atoms with Gasteiger partial charge in [-0.1, -0.05) is 23.2 Å². The Morgan fingerprint density at radius 3 is 2.74 bits per heavy atom. The van der Waals surface area contributed by atoms with Crippen molar-refractivity contribution < 1.29 is 0 Å². The van der Waals surface area contributed by atoms with Crippen LogP contribution in [0.4, 0.5) is 0 Å². The number of nitrogens with zero attached hydrogens (tertiary/aromatic N) is 3. The molecule has 0 saturated heterocycles. The number of nitrogens with one attached hydrogen (secondary N) is 1. The molecule has 0 bridgehead atoms. The van der Waals surface area contributed by atoms with Crippen LogP contribution in [0.25, 0.3) is 22.5 Å². The van der Waals surface area contributed by atoms with Gasteiger partial charge < -0.3 is 4.98 Å². The summed E-state index contributed by atoms with van der Waals surface area (Å²) in [5.74, 6) is 0. The number of aromatic nitrogens is 4. The summed E-state index contributed by atoms with van der Waals surface area (Å²) in [6, 6.07) is 5.26. The smallest absolute Gasteiger partial charge is 0.198 e. The van der Waals surface area contributed by atoms with Crippen LogP contribution in [0.1, 0.15) is 0 Å². The van der Waals surface area contributed by atoms with Gasteiger partial charge >= 0.3 is 0 Å². The molecule has 1 N–H and O–H groups in total. The molecule has 0 saturated carbocycles. The number of aromatic amines is 1. The van der Waals surface area contributed by atoms with Crippen LogP contribution < -0.4 is 0 Å². The Morgan fingerprint density at radius 1 is 1.11 bits per heavy atom. The van der Waals surface area contributed by atoms with E-state index in [2.05, 4.69) is 26.3 Å². The van der Waals surface area contributed by atoms with Crippen molar-refractivity contribution in [1.82, 2.24) is 19.9 Å². The van der Waals surface area contributed by atoms with Crippen molar-refractivity contribution >= 4 is 23.2 Å². The molecule has 3 rings (SSSR count). The van der Waals surface area contributed by atoms with E-state index in [0.717, 1.165) is 16.8 Å². The molecular formula is C13H7Cl2N4. The second-order valence-electron chi connectivity index (χ2n) is 3.82. The van der Waals surface area contributed by atoms with Gasteiger partial charge in [-0.05, 0) is 18.2 Å². The highest BCUT2D eigenvalue weighted by molar-refractivity contribution is 6.36. The van der Waals surface area contributed by atoms with Crippen molar-refractivity contribution in [3.63, 3.8) is 0 Å². The zero-order valence-electron chi connectivity index (χ0n) is 9.56. The Morgan fingerprint density at radius 2 is 2.00 bits per heavy atom. The molecule has 3 aromatic rings. The molecule has 1 aromatic carbocycles. The zero-order valence-corrected chi connectivity index (χ0v) is 11.1. The van der Waals surface area contributed by atoms with E-state index in [1.54, 1.807) is 30.9 Å². The summed E-state index contributed by atoms with van der Waals surface area (Å²) in [6.07, 6.45) is 7.54.